The fraction of sp³-hybridized carbons (Fsp3) is 0.353. The topological polar surface area (TPSA) is 75.6 Å². The molecule has 4 rings (SSSR count). The van der Waals surface area contributed by atoms with Crippen molar-refractivity contribution in [3.63, 3.8) is 0 Å². The van der Waals surface area contributed by atoms with Crippen molar-refractivity contribution < 1.29 is 4.79 Å². The molecule has 0 fully saturated rings. The highest BCUT2D eigenvalue weighted by molar-refractivity contribution is 5.90. The van der Waals surface area contributed by atoms with E-state index in [1.54, 1.807) is 11.0 Å². The van der Waals surface area contributed by atoms with E-state index < -0.39 is 0 Å². The van der Waals surface area contributed by atoms with Gasteiger partial charge in [0.1, 0.15) is 12.7 Å². The number of fused-ring (bicyclic) bond motifs is 3. The van der Waals surface area contributed by atoms with E-state index in [-0.39, 0.29) is 11.8 Å². The Kier molecular flexibility index (Phi) is 3.57. The van der Waals surface area contributed by atoms with Crippen molar-refractivity contribution >= 4 is 16.8 Å². The van der Waals surface area contributed by atoms with Gasteiger partial charge in [-0.2, -0.15) is 5.10 Å². The highest BCUT2D eigenvalue weighted by Crippen LogP contribution is 2.35. The number of aromatic amines is 1. The molecule has 1 amide bonds. The third-order valence-electron chi connectivity index (χ3n) is 4.54. The molecule has 0 aliphatic heterocycles. The van der Waals surface area contributed by atoms with E-state index in [1.165, 1.54) is 17.3 Å². The van der Waals surface area contributed by atoms with E-state index in [1.807, 2.05) is 6.07 Å². The van der Waals surface area contributed by atoms with E-state index in [2.05, 4.69) is 38.6 Å². The molecule has 1 aromatic carbocycles. The Morgan fingerprint density at radius 2 is 2.30 bits per heavy atom. The molecule has 2 N–H and O–H groups in total. The van der Waals surface area contributed by atoms with Crippen molar-refractivity contribution in [2.24, 2.45) is 0 Å². The van der Waals surface area contributed by atoms with Crippen molar-refractivity contribution in [1.29, 1.82) is 0 Å². The second-order valence-electron chi connectivity index (χ2n) is 5.96. The van der Waals surface area contributed by atoms with Crippen LogP contribution in [0.15, 0.2) is 36.9 Å². The molecule has 3 aromatic rings. The Labute approximate surface area is 133 Å². The van der Waals surface area contributed by atoms with Crippen LogP contribution in [0, 0.1) is 0 Å². The first-order valence-electron chi connectivity index (χ1n) is 8.02. The molecular weight excluding hydrogens is 290 g/mol. The molecule has 0 radical (unpaired) electrons. The zero-order valence-corrected chi connectivity index (χ0v) is 12.8. The fourth-order valence-electron chi connectivity index (χ4n) is 3.44. The molecule has 1 aliphatic carbocycles. The van der Waals surface area contributed by atoms with Crippen LogP contribution in [-0.2, 0) is 17.8 Å². The van der Waals surface area contributed by atoms with Gasteiger partial charge in [-0.05, 0) is 30.9 Å². The van der Waals surface area contributed by atoms with Crippen molar-refractivity contribution in [2.45, 2.75) is 31.7 Å². The van der Waals surface area contributed by atoms with Crippen LogP contribution >= 0.6 is 0 Å². The monoisotopic (exact) mass is 309 g/mol. The quantitative estimate of drug-likeness (QED) is 0.774. The third kappa shape index (κ3) is 2.60. The lowest BCUT2D eigenvalue weighted by Gasteiger charge is -2.22. The molecule has 2 aromatic heterocycles. The minimum Gasteiger partial charge on any atom is -0.357 e. The zero-order valence-electron chi connectivity index (χ0n) is 12.8. The van der Waals surface area contributed by atoms with Gasteiger partial charge in [0.2, 0.25) is 5.91 Å². The predicted octanol–water partition coefficient (Wildman–Crippen LogP) is 2.00. The first kappa shape index (κ1) is 14.0. The van der Waals surface area contributed by atoms with E-state index >= 15 is 0 Å². The number of aryl methyl sites for hydroxylation is 1. The Bertz CT molecular complexity index is 821. The summed E-state index contributed by atoms with van der Waals surface area (Å²) in [6, 6.07) is 8.29. The Morgan fingerprint density at radius 1 is 1.39 bits per heavy atom. The number of hydrogen-bond acceptors (Lipinski definition) is 3. The van der Waals surface area contributed by atoms with Crippen LogP contribution in [0.1, 0.15) is 30.0 Å². The SMILES string of the molecule is O=C(NCCn1cncn1)[C@H]1CCCc2c1[nH]c1ccccc21. The normalized spacial score (nSPS) is 17.1. The second-order valence-corrected chi connectivity index (χ2v) is 5.96. The van der Waals surface area contributed by atoms with Gasteiger partial charge in [0.05, 0.1) is 12.5 Å². The largest absolute Gasteiger partial charge is 0.357 e. The summed E-state index contributed by atoms with van der Waals surface area (Å²) in [5, 5.41) is 8.32. The van der Waals surface area contributed by atoms with Crippen molar-refractivity contribution in [3.05, 3.63) is 48.2 Å². The number of hydrogen-bond donors (Lipinski definition) is 2. The molecule has 118 valence electrons. The summed E-state index contributed by atoms with van der Waals surface area (Å²) in [6.45, 7) is 1.20. The highest BCUT2D eigenvalue weighted by Gasteiger charge is 2.29. The number of carbonyl (C=O) groups excluding carboxylic acids is 1. The molecule has 1 aliphatic rings. The Morgan fingerprint density at radius 3 is 3.17 bits per heavy atom. The second kappa shape index (κ2) is 5.87. The number of para-hydroxylation sites is 1. The van der Waals surface area contributed by atoms with Gasteiger partial charge < -0.3 is 10.3 Å². The van der Waals surface area contributed by atoms with Crippen LogP contribution in [0.5, 0.6) is 0 Å². The van der Waals surface area contributed by atoms with E-state index in [9.17, 15) is 4.79 Å². The summed E-state index contributed by atoms with van der Waals surface area (Å²) in [7, 11) is 0. The van der Waals surface area contributed by atoms with Crippen molar-refractivity contribution in [3.8, 4) is 0 Å². The first-order chi connectivity index (χ1) is 11.3. The molecule has 0 unspecified atom stereocenters. The van der Waals surface area contributed by atoms with Gasteiger partial charge >= 0.3 is 0 Å². The van der Waals surface area contributed by atoms with E-state index in [4.69, 9.17) is 0 Å². The first-order valence-corrected chi connectivity index (χ1v) is 8.02. The molecule has 0 saturated heterocycles. The minimum absolute atomic E-state index is 0.0816. The summed E-state index contributed by atoms with van der Waals surface area (Å²) in [4.78, 5) is 20.0. The summed E-state index contributed by atoms with van der Waals surface area (Å²) < 4.78 is 1.72. The fourth-order valence-corrected chi connectivity index (χ4v) is 3.44. The molecule has 0 saturated carbocycles. The molecule has 0 spiro atoms. The van der Waals surface area contributed by atoms with E-state index in [0.717, 1.165) is 30.5 Å². The Hall–Kier alpha value is -2.63. The number of aromatic nitrogens is 4. The molecular formula is C17H19N5O. The molecule has 1 atom stereocenters. The van der Waals surface area contributed by atoms with Gasteiger partial charge in [-0.3, -0.25) is 9.48 Å². The van der Waals surface area contributed by atoms with Gasteiger partial charge in [0.15, 0.2) is 0 Å². The van der Waals surface area contributed by atoms with Crippen LogP contribution in [0.2, 0.25) is 0 Å². The Balaban J connectivity index is 1.50. The lowest BCUT2D eigenvalue weighted by molar-refractivity contribution is -0.123. The van der Waals surface area contributed by atoms with Crippen molar-refractivity contribution in [2.75, 3.05) is 6.54 Å². The van der Waals surface area contributed by atoms with Crippen LogP contribution in [0.25, 0.3) is 10.9 Å². The standard InChI is InChI=1S/C17H19N5O/c23-17(19-8-9-22-11-18-10-20-22)14-6-3-5-13-12-4-1-2-7-15(12)21-16(13)14/h1-2,4,7,10-11,14,21H,3,5-6,8-9H2,(H,19,23)/t14-/m0/s1. The van der Waals surface area contributed by atoms with Crippen LogP contribution in [0.3, 0.4) is 0 Å². The van der Waals surface area contributed by atoms with Gasteiger partial charge in [-0.15, -0.1) is 0 Å². The maximum atomic E-state index is 12.6. The lowest BCUT2D eigenvalue weighted by Crippen LogP contribution is -2.33. The summed E-state index contributed by atoms with van der Waals surface area (Å²) in [5.41, 5.74) is 3.53. The summed E-state index contributed by atoms with van der Waals surface area (Å²) in [6.07, 6.45) is 6.15. The maximum absolute atomic E-state index is 12.6. The molecule has 6 nitrogen and oxygen atoms in total. The lowest BCUT2D eigenvalue weighted by atomic mass is 9.86. The number of benzene rings is 1. The maximum Gasteiger partial charge on any atom is 0.229 e. The van der Waals surface area contributed by atoms with Crippen molar-refractivity contribution in [1.82, 2.24) is 25.1 Å². The number of H-pyrrole nitrogens is 1. The van der Waals surface area contributed by atoms with Gasteiger partial charge in [0, 0.05) is 23.1 Å². The number of amides is 1. The smallest absolute Gasteiger partial charge is 0.229 e. The minimum atomic E-state index is -0.0816. The predicted molar refractivity (Wildman–Crippen MR) is 87.0 cm³/mol. The zero-order chi connectivity index (χ0) is 15.6. The summed E-state index contributed by atoms with van der Waals surface area (Å²) >= 11 is 0. The van der Waals surface area contributed by atoms with Crippen LogP contribution < -0.4 is 5.32 Å². The number of nitrogens with one attached hydrogen (secondary N) is 2. The molecule has 23 heavy (non-hydrogen) atoms. The van der Waals surface area contributed by atoms with Gasteiger partial charge in [-0.1, -0.05) is 18.2 Å². The van der Waals surface area contributed by atoms with Crippen LogP contribution in [0.4, 0.5) is 0 Å². The molecule has 2 heterocycles. The van der Waals surface area contributed by atoms with Gasteiger partial charge in [0.25, 0.3) is 0 Å². The average Bonchev–Trinajstić information content (AvgIpc) is 3.21. The number of rotatable bonds is 4. The molecule has 6 heteroatoms. The number of nitrogens with zero attached hydrogens (tertiary/aromatic N) is 3. The molecule has 0 bridgehead atoms. The highest BCUT2D eigenvalue weighted by atomic mass is 16.1. The summed E-state index contributed by atoms with van der Waals surface area (Å²) in [5.74, 6) is 0.0134. The van der Waals surface area contributed by atoms with Gasteiger partial charge in [-0.25, -0.2) is 4.98 Å². The number of carbonyl (C=O) groups is 1. The average molecular weight is 309 g/mol. The van der Waals surface area contributed by atoms with Crippen LogP contribution in [-0.4, -0.2) is 32.2 Å². The third-order valence-corrected chi connectivity index (χ3v) is 4.54. The van der Waals surface area contributed by atoms with E-state index in [0.29, 0.717) is 13.1 Å².